The average molecular weight is 419 g/mol. The molecule has 3 heterocycles. The van der Waals surface area contributed by atoms with E-state index in [0.29, 0.717) is 36.8 Å². The second-order valence-corrected chi connectivity index (χ2v) is 7.45. The Balaban J connectivity index is 1.38. The molecule has 1 aromatic carbocycles. The van der Waals surface area contributed by atoms with E-state index in [-0.39, 0.29) is 17.7 Å². The van der Waals surface area contributed by atoms with Crippen molar-refractivity contribution in [3.8, 4) is 17.0 Å². The van der Waals surface area contributed by atoms with Crippen LogP contribution in [0, 0.1) is 5.92 Å². The highest BCUT2D eigenvalue weighted by atomic mass is 16.5. The van der Waals surface area contributed by atoms with Gasteiger partial charge in [0.25, 0.3) is 5.91 Å². The number of ether oxygens (including phenoxy) is 1. The van der Waals surface area contributed by atoms with Crippen molar-refractivity contribution >= 4 is 17.5 Å². The van der Waals surface area contributed by atoms with Crippen LogP contribution in [0.5, 0.6) is 5.75 Å². The first-order valence-corrected chi connectivity index (χ1v) is 10.4. The molecular formula is C23H25N5O3. The molecule has 0 bridgehead atoms. The first-order valence-electron chi connectivity index (χ1n) is 10.4. The molecule has 1 saturated heterocycles. The van der Waals surface area contributed by atoms with Crippen LogP contribution in [-0.4, -0.2) is 51.6 Å². The lowest BCUT2D eigenvalue weighted by atomic mass is 9.96. The third-order valence-corrected chi connectivity index (χ3v) is 5.28. The highest BCUT2D eigenvalue weighted by molar-refractivity contribution is 5.95. The van der Waals surface area contributed by atoms with Crippen LogP contribution in [0.4, 0.5) is 5.69 Å². The molecule has 8 heteroatoms. The molecule has 1 aliphatic rings. The molecule has 160 valence electrons. The highest BCUT2D eigenvalue weighted by Gasteiger charge is 2.29. The first-order chi connectivity index (χ1) is 15.1. The van der Waals surface area contributed by atoms with Gasteiger partial charge < -0.3 is 15.0 Å². The number of amides is 2. The number of rotatable bonds is 6. The maximum absolute atomic E-state index is 13.0. The Bertz CT molecular complexity index is 1030. The summed E-state index contributed by atoms with van der Waals surface area (Å²) in [6.07, 6.45) is 4.91. The van der Waals surface area contributed by atoms with Gasteiger partial charge in [0.15, 0.2) is 0 Å². The molecule has 2 amide bonds. The van der Waals surface area contributed by atoms with Crippen molar-refractivity contribution in [3.63, 3.8) is 0 Å². The van der Waals surface area contributed by atoms with E-state index in [1.165, 1.54) is 0 Å². The van der Waals surface area contributed by atoms with Gasteiger partial charge in [-0.1, -0.05) is 0 Å². The minimum atomic E-state index is -0.259. The summed E-state index contributed by atoms with van der Waals surface area (Å²) in [6, 6.07) is 12.7. The van der Waals surface area contributed by atoms with Gasteiger partial charge in [-0.25, -0.2) is 0 Å². The van der Waals surface area contributed by atoms with Gasteiger partial charge in [-0.15, -0.1) is 0 Å². The van der Waals surface area contributed by atoms with Crippen molar-refractivity contribution in [2.75, 3.05) is 25.0 Å². The maximum Gasteiger partial charge on any atom is 0.271 e. The van der Waals surface area contributed by atoms with E-state index in [1.807, 2.05) is 43.3 Å². The lowest BCUT2D eigenvalue weighted by Crippen LogP contribution is -2.43. The van der Waals surface area contributed by atoms with E-state index in [9.17, 15) is 9.59 Å². The van der Waals surface area contributed by atoms with Gasteiger partial charge >= 0.3 is 0 Å². The predicted octanol–water partition coefficient (Wildman–Crippen LogP) is 3.36. The van der Waals surface area contributed by atoms with Gasteiger partial charge in [-0.2, -0.15) is 5.10 Å². The maximum atomic E-state index is 13.0. The van der Waals surface area contributed by atoms with E-state index in [1.54, 1.807) is 23.4 Å². The molecule has 1 fully saturated rings. The van der Waals surface area contributed by atoms with Gasteiger partial charge in [0.2, 0.25) is 5.91 Å². The predicted molar refractivity (Wildman–Crippen MR) is 117 cm³/mol. The number of piperidine rings is 1. The zero-order valence-electron chi connectivity index (χ0n) is 17.4. The van der Waals surface area contributed by atoms with Crippen molar-refractivity contribution in [1.82, 2.24) is 20.1 Å². The number of aromatic nitrogens is 3. The normalized spacial score (nSPS) is 16.0. The number of carbonyl (C=O) groups excluding carboxylic acids is 2. The van der Waals surface area contributed by atoms with Gasteiger partial charge in [0.05, 0.1) is 18.2 Å². The Morgan fingerprint density at radius 2 is 2.10 bits per heavy atom. The lowest BCUT2D eigenvalue weighted by molar-refractivity contribution is -0.121. The van der Waals surface area contributed by atoms with Gasteiger partial charge in [0, 0.05) is 36.7 Å². The molecule has 8 nitrogen and oxygen atoms in total. The second kappa shape index (κ2) is 9.42. The van der Waals surface area contributed by atoms with Crippen LogP contribution < -0.4 is 10.1 Å². The monoisotopic (exact) mass is 419 g/mol. The topological polar surface area (TPSA) is 100 Å². The SMILES string of the molecule is CCOc1ccc(NC(=O)[C@@H]2CCCN(C(=O)c3cc(-c4cccnc4)n[nH]3)C2)cc1. The number of nitrogens with zero attached hydrogens (tertiary/aromatic N) is 3. The van der Waals surface area contributed by atoms with Crippen LogP contribution in [0.1, 0.15) is 30.3 Å². The molecule has 31 heavy (non-hydrogen) atoms. The zero-order valence-corrected chi connectivity index (χ0v) is 17.4. The number of hydrogen-bond acceptors (Lipinski definition) is 5. The van der Waals surface area contributed by atoms with Gasteiger partial charge in [-0.05, 0) is 62.2 Å². The molecule has 1 atom stereocenters. The number of benzene rings is 1. The Morgan fingerprint density at radius 1 is 1.26 bits per heavy atom. The summed E-state index contributed by atoms with van der Waals surface area (Å²) in [5.74, 6) is 0.272. The average Bonchev–Trinajstić information content (AvgIpc) is 3.31. The summed E-state index contributed by atoms with van der Waals surface area (Å²) in [4.78, 5) is 31.5. The lowest BCUT2D eigenvalue weighted by Gasteiger charge is -2.31. The van der Waals surface area contributed by atoms with Crippen LogP contribution in [0.3, 0.4) is 0 Å². The Hall–Kier alpha value is -3.68. The Labute approximate surface area is 180 Å². The van der Waals surface area contributed by atoms with E-state index >= 15 is 0 Å². The van der Waals surface area contributed by atoms with Crippen molar-refractivity contribution in [1.29, 1.82) is 0 Å². The van der Waals surface area contributed by atoms with Crippen molar-refractivity contribution in [2.45, 2.75) is 19.8 Å². The van der Waals surface area contributed by atoms with Crippen LogP contribution in [0.15, 0.2) is 54.9 Å². The molecule has 0 aliphatic carbocycles. The van der Waals surface area contributed by atoms with E-state index in [2.05, 4.69) is 20.5 Å². The van der Waals surface area contributed by atoms with E-state index < -0.39 is 0 Å². The second-order valence-electron chi connectivity index (χ2n) is 7.45. The fraction of sp³-hybridized carbons (Fsp3) is 0.304. The summed E-state index contributed by atoms with van der Waals surface area (Å²) in [5.41, 5.74) is 2.63. The zero-order chi connectivity index (χ0) is 21.6. The number of pyridine rings is 1. The Morgan fingerprint density at radius 3 is 2.84 bits per heavy atom. The molecule has 3 aromatic rings. The van der Waals surface area contributed by atoms with Crippen LogP contribution >= 0.6 is 0 Å². The molecule has 0 unspecified atom stereocenters. The van der Waals surface area contributed by atoms with Crippen molar-refractivity contribution in [2.24, 2.45) is 5.92 Å². The largest absolute Gasteiger partial charge is 0.494 e. The smallest absolute Gasteiger partial charge is 0.271 e. The number of hydrogen-bond donors (Lipinski definition) is 2. The number of likely N-dealkylation sites (tertiary alicyclic amines) is 1. The molecule has 2 aromatic heterocycles. The quantitative estimate of drug-likeness (QED) is 0.638. The minimum Gasteiger partial charge on any atom is -0.494 e. The number of nitrogens with one attached hydrogen (secondary N) is 2. The van der Waals surface area contributed by atoms with Gasteiger partial charge in [0.1, 0.15) is 11.4 Å². The highest BCUT2D eigenvalue weighted by Crippen LogP contribution is 2.23. The van der Waals surface area contributed by atoms with Crippen molar-refractivity contribution < 1.29 is 14.3 Å². The minimum absolute atomic E-state index is 0.0812. The summed E-state index contributed by atoms with van der Waals surface area (Å²) in [5, 5.41) is 10.00. The van der Waals surface area contributed by atoms with E-state index in [4.69, 9.17) is 4.74 Å². The van der Waals surface area contributed by atoms with Gasteiger partial charge in [-0.3, -0.25) is 19.7 Å². The van der Waals surface area contributed by atoms with Crippen molar-refractivity contribution in [3.05, 3.63) is 60.6 Å². The van der Waals surface area contributed by atoms with Crippen LogP contribution in [0.25, 0.3) is 11.3 Å². The fourth-order valence-corrected chi connectivity index (χ4v) is 3.68. The Kier molecular flexibility index (Phi) is 6.26. The van der Waals surface area contributed by atoms with Crippen LogP contribution in [-0.2, 0) is 4.79 Å². The van der Waals surface area contributed by atoms with Crippen LogP contribution in [0.2, 0.25) is 0 Å². The molecule has 0 spiro atoms. The first kappa shape index (κ1) is 20.6. The number of H-pyrrole nitrogens is 1. The molecule has 1 aliphatic heterocycles. The molecule has 4 rings (SSSR count). The summed E-state index contributed by atoms with van der Waals surface area (Å²) >= 11 is 0. The third kappa shape index (κ3) is 4.91. The molecule has 0 radical (unpaired) electrons. The number of anilines is 1. The molecular weight excluding hydrogens is 394 g/mol. The molecule has 0 saturated carbocycles. The molecule has 2 N–H and O–H groups in total. The summed E-state index contributed by atoms with van der Waals surface area (Å²) < 4.78 is 5.43. The standard InChI is InChI=1S/C23H25N5O3/c1-2-31-19-9-7-18(8-10-19)25-22(29)17-6-4-12-28(15-17)23(30)21-13-20(26-27-21)16-5-3-11-24-14-16/h3,5,7-11,13-14,17H,2,4,6,12,15H2,1H3,(H,25,29)(H,26,27)/t17-/m1/s1. The fourth-order valence-electron chi connectivity index (χ4n) is 3.68. The summed E-state index contributed by atoms with van der Waals surface area (Å²) in [6.45, 7) is 3.52. The summed E-state index contributed by atoms with van der Waals surface area (Å²) in [7, 11) is 0. The third-order valence-electron chi connectivity index (χ3n) is 5.28. The number of aromatic amines is 1. The number of carbonyl (C=O) groups is 2. The van der Waals surface area contributed by atoms with E-state index in [0.717, 1.165) is 24.2 Å².